The first-order valence-corrected chi connectivity index (χ1v) is 6.79. The third kappa shape index (κ3) is 1.50. The van der Waals surface area contributed by atoms with Crippen molar-refractivity contribution in [3.8, 4) is 0 Å². The molecule has 2 fully saturated rings. The number of piperidine rings is 1. The van der Waals surface area contributed by atoms with Crippen LogP contribution in [-0.4, -0.2) is 17.3 Å². The number of hydrogen-bond donors (Lipinski definition) is 0. The third-order valence-corrected chi connectivity index (χ3v) is 4.59. The van der Waals surface area contributed by atoms with Crippen molar-refractivity contribution >= 4 is 23.1 Å². The maximum absolute atomic E-state index is 6.05. The minimum atomic E-state index is 0.709. The molecule has 3 aliphatic rings. The van der Waals surface area contributed by atoms with Crippen molar-refractivity contribution in [2.45, 2.75) is 25.8 Å². The van der Waals surface area contributed by atoms with Crippen LogP contribution in [0.2, 0.25) is 5.02 Å². The van der Waals surface area contributed by atoms with Crippen LogP contribution in [0.25, 0.3) is 0 Å². The molecule has 2 bridgehead atoms. The molecule has 1 saturated carbocycles. The molecule has 4 rings (SSSR count). The van der Waals surface area contributed by atoms with Crippen LogP contribution >= 0.6 is 11.6 Å². The van der Waals surface area contributed by atoms with E-state index in [4.69, 9.17) is 16.6 Å². The summed E-state index contributed by atoms with van der Waals surface area (Å²) in [6, 6.07) is 6.09. The van der Waals surface area contributed by atoms with Gasteiger partial charge in [0.15, 0.2) is 0 Å². The molecular formula is C14H15ClN2. The van der Waals surface area contributed by atoms with E-state index in [9.17, 15) is 0 Å². The van der Waals surface area contributed by atoms with Crippen molar-refractivity contribution < 1.29 is 0 Å². The number of rotatable bonds is 0. The molecule has 2 heterocycles. The molecule has 0 radical (unpaired) electrons. The summed E-state index contributed by atoms with van der Waals surface area (Å²) in [7, 11) is 0. The van der Waals surface area contributed by atoms with Crippen molar-refractivity contribution in [3.63, 3.8) is 0 Å². The average Bonchev–Trinajstić information content (AvgIpc) is 2.71. The van der Waals surface area contributed by atoms with Crippen LogP contribution in [0, 0.1) is 11.8 Å². The van der Waals surface area contributed by atoms with Crippen molar-refractivity contribution in [1.82, 2.24) is 4.90 Å². The van der Waals surface area contributed by atoms with Gasteiger partial charge >= 0.3 is 0 Å². The normalized spacial score (nSPS) is 29.7. The summed E-state index contributed by atoms with van der Waals surface area (Å²) in [5.74, 6) is 2.95. The molecule has 1 aliphatic carbocycles. The Bertz CT molecular complexity index is 509. The van der Waals surface area contributed by atoms with E-state index in [0.717, 1.165) is 23.2 Å². The van der Waals surface area contributed by atoms with Gasteiger partial charge in [-0.2, -0.15) is 0 Å². The Hall–Kier alpha value is -1.02. The second-order valence-electron chi connectivity index (χ2n) is 5.50. The van der Waals surface area contributed by atoms with E-state index in [1.165, 1.54) is 37.2 Å². The largest absolute Gasteiger partial charge is 0.355 e. The van der Waals surface area contributed by atoms with Crippen molar-refractivity contribution in [2.75, 3.05) is 6.54 Å². The summed E-state index contributed by atoms with van der Waals surface area (Å²) in [6.45, 7) is 2.23. The maximum Gasteiger partial charge on any atom is 0.108 e. The zero-order valence-electron chi connectivity index (χ0n) is 9.69. The lowest BCUT2D eigenvalue weighted by atomic mass is 9.95. The van der Waals surface area contributed by atoms with Gasteiger partial charge in [0.1, 0.15) is 5.84 Å². The molecule has 88 valence electrons. The van der Waals surface area contributed by atoms with Crippen LogP contribution in [0.4, 0.5) is 5.69 Å². The smallest absolute Gasteiger partial charge is 0.108 e. The van der Waals surface area contributed by atoms with Crippen LogP contribution < -0.4 is 0 Å². The molecule has 2 nitrogen and oxygen atoms in total. The summed E-state index contributed by atoms with van der Waals surface area (Å²) >= 11 is 6.05. The Balaban J connectivity index is 1.80. The molecule has 2 unspecified atom stereocenters. The predicted molar refractivity (Wildman–Crippen MR) is 69.8 cm³/mol. The Morgan fingerprint density at radius 3 is 3.18 bits per heavy atom. The number of halogens is 1. The third-order valence-electron chi connectivity index (χ3n) is 4.35. The fourth-order valence-electron chi connectivity index (χ4n) is 3.55. The number of amidine groups is 1. The monoisotopic (exact) mass is 246 g/mol. The van der Waals surface area contributed by atoms with Crippen LogP contribution in [0.15, 0.2) is 23.2 Å². The van der Waals surface area contributed by atoms with Crippen LogP contribution in [0.1, 0.15) is 24.8 Å². The minimum Gasteiger partial charge on any atom is -0.355 e. The molecule has 2 atom stereocenters. The molecule has 3 heteroatoms. The zero-order chi connectivity index (χ0) is 11.4. The summed E-state index contributed by atoms with van der Waals surface area (Å²) in [6.07, 6.45) is 4.07. The lowest BCUT2D eigenvalue weighted by molar-refractivity contribution is 0.291. The van der Waals surface area contributed by atoms with Crippen molar-refractivity contribution in [3.05, 3.63) is 28.8 Å². The first kappa shape index (κ1) is 9.95. The molecular weight excluding hydrogens is 232 g/mol. The quantitative estimate of drug-likeness (QED) is 0.683. The zero-order valence-corrected chi connectivity index (χ0v) is 10.5. The SMILES string of the molecule is Clc1ccc2c(c1)N=C1C3CCC(C3)CN1C2. The molecule has 2 aliphatic heterocycles. The van der Waals surface area contributed by atoms with E-state index >= 15 is 0 Å². The Morgan fingerprint density at radius 2 is 2.24 bits per heavy atom. The van der Waals surface area contributed by atoms with Gasteiger partial charge in [-0.1, -0.05) is 17.7 Å². The first-order valence-electron chi connectivity index (χ1n) is 6.41. The van der Waals surface area contributed by atoms with Gasteiger partial charge in [-0.25, -0.2) is 4.99 Å². The summed E-state index contributed by atoms with van der Waals surface area (Å²) in [5, 5.41) is 0.793. The van der Waals surface area contributed by atoms with Crippen LogP contribution in [0.3, 0.4) is 0 Å². The highest BCUT2D eigenvalue weighted by atomic mass is 35.5. The van der Waals surface area contributed by atoms with Gasteiger partial charge in [-0.15, -0.1) is 0 Å². The van der Waals surface area contributed by atoms with Gasteiger partial charge in [-0.3, -0.25) is 0 Å². The molecule has 0 spiro atoms. The summed E-state index contributed by atoms with van der Waals surface area (Å²) in [4.78, 5) is 7.35. The topological polar surface area (TPSA) is 15.6 Å². The van der Waals surface area contributed by atoms with Crippen LogP contribution in [0.5, 0.6) is 0 Å². The Kier molecular flexibility index (Phi) is 2.04. The number of benzene rings is 1. The van der Waals surface area contributed by atoms with Crippen molar-refractivity contribution in [1.29, 1.82) is 0 Å². The van der Waals surface area contributed by atoms with Gasteiger partial charge in [0, 0.05) is 24.0 Å². The van der Waals surface area contributed by atoms with Gasteiger partial charge in [0.05, 0.1) is 5.69 Å². The molecule has 0 aromatic heterocycles. The molecule has 0 N–H and O–H groups in total. The second-order valence-corrected chi connectivity index (χ2v) is 5.94. The highest BCUT2D eigenvalue weighted by Gasteiger charge is 2.39. The van der Waals surface area contributed by atoms with E-state index in [0.29, 0.717) is 5.92 Å². The highest BCUT2D eigenvalue weighted by Crippen LogP contribution is 2.42. The molecule has 1 aromatic carbocycles. The molecule has 1 saturated heterocycles. The van der Waals surface area contributed by atoms with Gasteiger partial charge < -0.3 is 4.90 Å². The van der Waals surface area contributed by atoms with E-state index in [2.05, 4.69) is 11.0 Å². The lowest BCUT2D eigenvalue weighted by Crippen LogP contribution is -2.42. The Labute approximate surface area is 106 Å². The maximum atomic E-state index is 6.05. The fraction of sp³-hybridized carbons (Fsp3) is 0.500. The Morgan fingerprint density at radius 1 is 1.29 bits per heavy atom. The summed E-state index contributed by atoms with van der Waals surface area (Å²) in [5.41, 5.74) is 2.41. The first-order chi connectivity index (χ1) is 8.29. The summed E-state index contributed by atoms with van der Waals surface area (Å²) < 4.78 is 0. The van der Waals surface area contributed by atoms with E-state index in [1.807, 2.05) is 12.1 Å². The molecule has 1 aromatic rings. The second kappa shape index (κ2) is 3.49. The number of aliphatic imine (C=N–C) groups is 1. The average molecular weight is 247 g/mol. The van der Waals surface area contributed by atoms with Gasteiger partial charge in [-0.05, 0) is 42.9 Å². The minimum absolute atomic E-state index is 0.709. The van der Waals surface area contributed by atoms with E-state index in [-0.39, 0.29) is 0 Å². The fourth-order valence-corrected chi connectivity index (χ4v) is 3.72. The standard InChI is InChI=1S/C14H15ClN2/c15-12-4-3-11-8-17-7-9-1-2-10(5-9)14(17)16-13(11)6-12/h3-4,6,9-10H,1-2,5,7-8H2. The van der Waals surface area contributed by atoms with E-state index in [1.54, 1.807) is 0 Å². The molecule has 17 heavy (non-hydrogen) atoms. The number of fused-ring (bicyclic) bond motifs is 5. The predicted octanol–water partition coefficient (Wildman–Crippen LogP) is 3.62. The number of nitrogens with zero attached hydrogens (tertiary/aromatic N) is 2. The van der Waals surface area contributed by atoms with E-state index < -0.39 is 0 Å². The van der Waals surface area contributed by atoms with Crippen LogP contribution in [-0.2, 0) is 6.54 Å². The van der Waals surface area contributed by atoms with Gasteiger partial charge in [0.2, 0.25) is 0 Å². The number of hydrogen-bond acceptors (Lipinski definition) is 2. The van der Waals surface area contributed by atoms with Gasteiger partial charge in [0.25, 0.3) is 0 Å². The molecule has 0 amide bonds. The highest BCUT2D eigenvalue weighted by molar-refractivity contribution is 6.30. The van der Waals surface area contributed by atoms with Crippen molar-refractivity contribution in [2.24, 2.45) is 16.8 Å². The lowest BCUT2D eigenvalue weighted by Gasteiger charge is -2.38.